The van der Waals surface area contributed by atoms with Crippen LogP contribution in [0.1, 0.15) is 31.4 Å². The van der Waals surface area contributed by atoms with Crippen LogP contribution in [0.3, 0.4) is 0 Å². The van der Waals surface area contributed by atoms with E-state index < -0.39 is 0 Å². The van der Waals surface area contributed by atoms with E-state index in [1.54, 1.807) is 6.26 Å². The van der Waals surface area contributed by atoms with E-state index >= 15 is 0 Å². The largest absolute Gasteiger partial charge is 0.444 e. The lowest BCUT2D eigenvalue weighted by Crippen LogP contribution is -2.43. The van der Waals surface area contributed by atoms with Crippen molar-refractivity contribution in [1.29, 1.82) is 0 Å². The summed E-state index contributed by atoms with van der Waals surface area (Å²) in [5.74, 6) is 0.757. The van der Waals surface area contributed by atoms with Crippen LogP contribution in [-0.4, -0.2) is 52.9 Å². The molecule has 0 spiro atoms. The minimum Gasteiger partial charge on any atom is -0.444 e. The molecule has 2 fully saturated rings. The predicted molar refractivity (Wildman–Crippen MR) is 96.1 cm³/mol. The molecule has 0 unspecified atom stereocenters. The third-order valence-electron chi connectivity index (χ3n) is 5.27. The van der Waals surface area contributed by atoms with Gasteiger partial charge in [-0.05, 0) is 50.9 Å². The average Bonchev–Trinajstić information content (AvgIpc) is 3.38. The summed E-state index contributed by atoms with van der Waals surface area (Å²) in [6.07, 6.45) is 6.76. The lowest BCUT2D eigenvalue weighted by molar-refractivity contribution is -0.131. The van der Waals surface area contributed by atoms with E-state index in [4.69, 9.17) is 4.42 Å². The smallest absolute Gasteiger partial charge is 0.229 e. The van der Waals surface area contributed by atoms with Gasteiger partial charge in [-0.3, -0.25) is 4.79 Å². The van der Waals surface area contributed by atoms with Crippen LogP contribution in [0.2, 0.25) is 0 Å². The summed E-state index contributed by atoms with van der Waals surface area (Å²) in [7, 11) is 0. The Balaban J connectivity index is 1.38. The van der Waals surface area contributed by atoms with Gasteiger partial charge in [-0.1, -0.05) is 18.2 Å². The second kappa shape index (κ2) is 7.40. The molecule has 0 bridgehead atoms. The fourth-order valence-corrected chi connectivity index (χ4v) is 3.98. The molecule has 2 aliphatic rings. The Morgan fingerprint density at radius 2 is 1.92 bits per heavy atom. The summed E-state index contributed by atoms with van der Waals surface area (Å²) in [6, 6.07) is 10.2. The molecule has 4 rings (SSSR count). The second-order valence-electron chi connectivity index (χ2n) is 7.08. The molecule has 0 N–H and O–H groups in total. The van der Waals surface area contributed by atoms with E-state index in [9.17, 15) is 4.79 Å². The van der Waals surface area contributed by atoms with Gasteiger partial charge in [0.05, 0.1) is 12.1 Å². The average molecular weight is 339 g/mol. The number of hydrogen-bond acceptors (Lipinski definition) is 4. The third kappa shape index (κ3) is 3.76. The number of hydrogen-bond donors (Lipinski definition) is 0. The van der Waals surface area contributed by atoms with E-state index in [0.29, 0.717) is 18.4 Å². The molecular weight excluding hydrogens is 314 g/mol. The Bertz CT molecular complexity index is 707. The standard InChI is InChI=1S/C20H25N3O2/c24-19(23-12-6-9-18(23)14-22-10-4-5-11-22)13-17-15-25-20(21-17)16-7-2-1-3-8-16/h1-3,7-8,15,18H,4-6,9-14H2/t18-/m1/s1. The number of benzene rings is 1. The molecule has 2 aromatic rings. The van der Waals surface area contributed by atoms with Crippen molar-refractivity contribution in [3.63, 3.8) is 0 Å². The highest BCUT2D eigenvalue weighted by molar-refractivity contribution is 5.79. The Morgan fingerprint density at radius 3 is 2.72 bits per heavy atom. The molecule has 0 saturated carbocycles. The van der Waals surface area contributed by atoms with Crippen LogP contribution in [0.15, 0.2) is 41.0 Å². The van der Waals surface area contributed by atoms with Gasteiger partial charge in [-0.25, -0.2) is 4.98 Å². The molecule has 2 saturated heterocycles. The first-order valence-corrected chi connectivity index (χ1v) is 9.31. The Kier molecular flexibility index (Phi) is 4.83. The zero-order valence-corrected chi connectivity index (χ0v) is 14.6. The number of carbonyl (C=O) groups is 1. The van der Waals surface area contributed by atoms with Crippen LogP contribution in [-0.2, 0) is 11.2 Å². The van der Waals surface area contributed by atoms with Crippen molar-refractivity contribution in [3.05, 3.63) is 42.3 Å². The zero-order chi connectivity index (χ0) is 17.1. The summed E-state index contributed by atoms with van der Waals surface area (Å²) in [4.78, 5) is 21.8. The normalized spacial score (nSPS) is 21.1. The van der Waals surface area contributed by atoms with Crippen molar-refractivity contribution >= 4 is 5.91 Å². The Morgan fingerprint density at radius 1 is 1.12 bits per heavy atom. The number of oxazole rings is 1. The molecule has 2 aliphatic heterocycles. The summed E-state index contributed by atoms with van der Waals surface area (Å²) < 4.78 is 5.56. The highest BCUT2D eigenvalue weighted by Crippen LogP contribution is 2.22. The van der Waals surface area contributed by atoms with Gasteiger partial charge >= 0.3 is 0 Å². The topological polar surface area (TPSA) is 49.6 Å². The van der Waals surface area contributed by atoms with Gasteiger partial charge in [0.2, 0.25) is 11.8 Å². The van der Waals surface area contributed by atoms with Crippen molar-refractivity contribution in [2.45, 2.75) is 38.1 Å². The van der Waals surface area contributed by atoms with Crippen LogP contribution in [0.25, 0.3) is 11.5 Å². The molecular formula is C20H25N3O2. The molecule has 1 aromatic carbocycles. The van der Waals surface area contributed by atoms with Crippen LogP contribution >= 0.6 is 0 Å². The number of carbonyl (C=O) groups excluding carboxylic acids is 1. The summed E-state index contributed by atoms with van der Waals surface area (Å²) in [5, 5.41) is 0. The van der Waals surface area contributed by atoms with Gasteiger partial charge in [0, 0.05) is 24.7 Å². The molecule has 5 heteroatoms. The first kappa shape index (κ1) is 16.3. The van der Waals surface area contributed by atoms with Crippen molar-refractivity contribution in [3.8, 4) is 11.5 Å². The van der Waals surface area contributed by atoms with Crippen molar-refractivity contribution in [1.82, 2.24) is 14.8 Å². The van der Waals surface area contributed by atoms with E-state index in [1.165, 1.54) is 25.9 Å². The maximum Gasteiger partial charge on any atom is 0.229 e. The van der Waals surface area contributed by atoms with Crippen molar-refractivity contribution in [2.75, 3.05) is 26.2 Å². The van der Waals surface area contributed by atoms with Crippen LogP contribution in [0.5, 0.6) is 0 Å². The highest BCUT2D eigenvalue weighted by Gasteiger charge is 2.31. The molecule has 1 atom stereocenters. The monoisotopic (exact) mass is 339 g/mol. The molecule has 1 aromatic heterocycles. The number of likely N-dealkylation sites (tertiary alicyclic amines) is 2. The summed E-state index contributed by atoms with van der Waals surface area (Å²) in [5.41, 5.74) is 1.66. The van der Waals surface area contributed by atoms with Gasteiger partial charge < -0.3 is 14.2 Å². The van der Waals surface area contributed by atoms with Gasteiger partial charge in [-0.15, -0.1) is 0 Å². The van der Waals surface area contributed by atoms with Crippen LogP contribution in [0, 0.1) is 0 Å². The molecule has 25 heavy (non-hydrogen) atoms. The summed E-state index contributed by atoms with van der Waals surface area (Å²) >= 11 is 0. The van der Waals surface area contributed by atoms with E-state index in [1.807, 2.05) is 30.3 Å². The van der Waals surface area contributed by atoms with Crippen molar-refractivity contribution < 1.29 is 9.21 Å². The molecule has 0 aliphatic carbocycles. The maximum atomic E-state index is 12.8. The number of rotatable bonds is 5. The van der Waals surface area contributed by atoms with E-state index in [-0.39, 0.29) is 5.91 Å². The fraction of sp³-hybridized carbons (Fsp3) is 0.500. The van der Waals surface area contributed by atoms with E-state index in [2.05, 4.69) is 14.8 Å². The first-order valence-electron chi connectivity index (χ1n) is 9.31. The van der Waals surface area contributed by atoms with Gasteiger partial charge in [0.1, 0.15) is 6.26 Å². The predicted octanol–water partition coefficient (Wildman–Crippen LogP) is 2.97. The quantitative estimate of drug-likeness (QED) is 0.840. The molecule has 5 nitrogen and oxygen atoms in total. The van der Waals surface area contributed by atoms with Gasteiger partial charge in [-0.2, -0.15) is 0 Å². The zero-order valence-electron chi connectivity index (χ0n) is 14.6. The SMILES string of the molecule is O=C(Cc1coc(-c2ccccc2)n1)N1CCC[C@@H]1CN1CCCC1. The molecule has 0 radical (unpaired) electrons. The maximum absolute atomic E-state index is 12.8. The van der Waals surface area contributed by atoms with Gasteiger partial charge in [0.15, 0.2) is 0 Å². The van der Waals surface area contributed by atoms with E-state index in [0.717, 1.165) is 37.2 Å². The lowest BCUT2D eigenvalue weighted by atomic mass is 10.2. The second-order valence-corrected chi connectivity index (χ2v) is 7.08. The number of aromatic nitrogens is 1. The minimum absolute atomic E-state index is 0.176. The van der Waals surface area contributed by atoms with Gasteiger partial charge in [0.25, 0.3) is 0 Å². The fourth-order valence-electron chi connectivity index (χ4n) is 3.98. The van der Waals surface area contributed by atoms with Crippen LogP contribution < -0.4 is 0 Å². The molecule has 132 valence electrons. The Labute approximate surface area is 148 Å². The number of amides is 1. The summed E-state index contributed by atoms with van der Waals surface area (Å²) in [6.45, 7) is 4.27. The Hall–Kier alpha value is -2.14. The molecule has 3 heterocycles. The lowest BCUT2D eigenvalue weighted by Gasteiger charge is -2.28. The van der Waals surface area contributed by atoms with Crippen LogP contribution in [0.4, 0.5) is 0 Å². The third-order valence-corrected chi connectivity index (χ3v) is 5.27. The van der Waals surface area contributed by atoms with Crippen molar-refractivity contribution in [2.24, 2.45) is 0 Å². The first-order chi connectivity index (χ1) is 12.3. The molecule has 1 amide bonds. The number of nitrogens with zero attached hydrogens (tertiary/aromatic N) is 3. The minimum atomic E-state index is 0.176. The highest BCUT2D eigenvalue weighted by atomic mass is 16.3.